The summed E-state index contributed by atoms with van der Waals surface area (Å²) in [7, 11) is 0. The van der Waals surface area contributed by atoms with Crippen LogP contribution < -0.4 is 0 Å². The van der Waals surface area contributed by atoms with Gasteiger partial charge in [-0.15, -0.1) is 0 Å². The van der Waals surface area contributed by atoms with Crippen LogP contribution >= 0.6 is 0 Å². The third-order valence-electron chi connectivity index (χ3n) is 2.79. The van der Waals surface area contributed by atoms with Crippen molar-refractivity contribution in [2.75, 3.05) is 0 Å². The van der Waals surface area contributed by atoms with Gasteiger partial charge in [-0.2, -0.15) is 0 Å². The molecule has 1 aromatic heterocycles. The van der Waals surface area contributed by atoms with E-state index in [0.717, 1.165) is 18.8 Å². The van der Waals surface area contributed by atoms with Crippen molar-refractivity contribution >= 4 is 0 Å². The molecule has 0 aliphatic heterocycles. The van der Waals surface area contributed by atoms with E-state index in [-0.39, 0.29) is 0 Å². The second kappa shape index (κ2) is 5.50. The molecule has 0 saturated carbocycles. The number of unbranched alkanes of at least 4 members (excludes halogenated alkanes) is 1. The van der Waals surface area contributed by atoms with Gasteiger partial charge in [0.1, 0.15) is 5.82 Å². The maximum Gasteiger partial charge on any atom is 0.105 e. The number of hydrogen-bond acceptors (Lipinski definition) is 1. The first kappa shape index (κ1) is 10.9. The van der Waals surface area contributed by atoms with Crippen molar-refractivity contribution in [1.29, 1.82) is 0 Å². The van der Waals surface area contributed by atoms with Crippen molar-refractivity contribution in [3.05, 3.63) is 54.1 Å². The van der Waals surface area contributed by atoms with Crippen LogP contribution in [0.5, 0.6) is 0 Å². The zero-order valence-corrected chi connectivity index (χ0v) is 9.69. The average Bonchev–Trinajstić information content (AvgIpc) is 2.72. The van der Waals surface area contributed by atoms with E-state index < -0.39 is 0 Å². The minimum absolute atomic E-state index is 1.07. The molecule has 2 nitrogen and oxygen atoms in total. The highest BCUT2D eigenvalue weighted by Gasteiger charge is 1.97. The number of rotatable bonds is 5. The summed E-state index contributed by atoms with van der Waals surface area (Å²) in [5, 5.41) is 0. The number of aryl methyl sites for hydroxylation is 3. The van der Waals surface area contributed by atoms with Gasteiger partial charge in [-0.05, 0) is 37.8 Å². The Morgan fingerprint density at radius 2 is 2.25 bits per heavy atom. The second-order valence-corrected chi connectivity index (χ2v) is 4.01. The summed E-state index contributed by atoms with van der Waals surface area (Å²) >= 11 is 0. The summed E-state index contributed by atoms with van der Waals surface area (Å²) in [4.78, 5) is 4.21. The number of aromatic nitrogens is 2. The molecule has 83 valence electrons. The van der Waals surface area contributed by atoms with Gasteiger partial charge in [0.15, 0.2) is 0 Å². The highest BCUT2D eigenvalue weighted by atomic mass is 15.0. The standard InChI is InChI=1S/C14H17N2/c1-13-15-10-12-16(13)11-6-5-9-14-7-3-2-4-8-14/h2-4,7,10,12H,5-6,9,11H2,1H3. The van der Waals surface area contributed by atoms with Crippen molar-refractivity contribution in [1.82, 2.24) is 9.55 Å². The first-order chi connectivity index (χ1) is 7.86. The van der Waals surface area contributed by atoms with Crippen molar-refractivity contribution in [2.45, 2.75) is 32.7 Å². The van der Waals surface area contributed by atoms with Crippen LogP contribution in [0.3, 0.4) is 0 Å². The summed E-state index contributed by atoms with van der Waals surface area (Å²) in [6, 6.07) is 11.5. The van der Waals surface area contributed by atoms with Gasteiger partial charge in [0.05, 0.1) is 0 Å². The Morgan fingerprint density at radius 3 is 2.94 bits per heavy atom. The van der Waals surface area contributed by atoms with Crippen molar-refractivity contribution in [3.8, 4) is 0 Å². The van der Waals surface area contributed by atoms with Crippen LogP contribution in [0, 0.1) is 13.0 Å². The number of hydrogen-bond donors (Lipinski definition) is 0. The van der Waals surface area contributed by atoms with Crippen molar-refractivity contribution < 1.29 is 0 Å². The molecule has 2 rings (SSSR count). The summed E-state index contributed by atoms with van der Waals surface area (Å²) in [6.45, 7) is 3.11. The normalized spacial score (nSPS) is 10.6. The highest BCUT2D eigenvalue weighted by Crippen LogP contribution is 2.06. The molecule has 1 heterocycles. The summed E-state index contributed by atoms with van der Waals surface area (Å²) in [6.07, 6.45) is 7.43. The lowest BCUT2D eigenvalue weighted by molar-refractivity contribution is 0.596. The van der Waals surface area contributed by atoms with Crippen LogP contribution in [0.2, 0.25) is 0 Å². The van der Waals surface area contributed by atoms with Crippen LogP contribution in [0.15, 0.2) is 36.7 Å². The van der Waals surface area contributed by atoms with Crippen LogP contribution in [0.25, 0.3) is 0 Å². The zero-order chi connectivity index (χ0) is 11.2. The van der Waals surface area contributed by atoms with Crippen LogP contribution in [-0.4, -0.2) is 9.55 Å². The molecule has 2 aromatic rings. The van der Waals surface area contributed by atoms with E-state index in [1.807, 2.05) is 31.5 Å². The summed E-state index contributed by atoms with van der Waals surface area (Å²) in [5.41, 5.74) is 1.31. The van der Waals surface area contributed by atoms with Gasteiger partial charge in [0, 0.05) is 18.9 Å². The number of benzene rings is 1. The lowest BCUT2D eigenvalue weighted by Gasteiger charge is -2.04. The Balaban J connectivity index is 1.72. The zero-order valence-electron chi connectivity index (χ0n) is 9.69. The average molecular weight is 213 g/mol. The molecule has 0 spiro atoms. The number of imidazole rings is 1. The van der Waals surface area contributed by atoms with Gasteiger partial charge in [0.2, 0.25) is 0 Å². The smallest absolute Gasteiger partial charge is 0.105 e. The number of nitrogens with zero attached hydrogens (tertiary/aromatic N) is 2. The molecule has 2 heteroatoms. The molecule has 16 heavy (non-hydrogen) atoms. The van der Waals surface area contributed by atoms with Gasteiger partial charge < -0.3 is 4.57 Å². The Hall–Kier alpha value is -1.57. The first-order valence-corrected chi connectivity index (χ1v) is 5.79. The second-order valence-electron chi connectivity index (χ2n) is 4.01. The van der Waals surface area contributed by atoms with Crippen LogP contribution in [-0.2, 0) is 13.0 Å². The van der Waals surface area contributed by atoms with Gasteiger partial charge in [-0.25, -0.2) is 4.98 Å². The SMILES string of the molecule is Cc1nccn1CCCCc1[c]cccc1. The topological polar surface area (TPSA) is 17.8 Å². The lowest BCUT2D eigenvalue weighted by atomic mass is 10.1. The Labute approximate surface area is 97.0 Å². The third-order valence-corrected chi connectivity index (χ3v) is 2.79. The van der Waals surface area contributed by atoms with E-state index >= 15 is 0 Å². The molecule has 1 aromatic carbocycles. The van der Waals surface area contributed by atoms with Gasteiger partial charge in [-0.1, -0.05) is 24.3 Å². The minimum Gasteiger partial charge on any atom is -0.335 e. The largest absolute Gasteiger partial charge is 0.335 e. The quantitative estimate of drug-likeness (QED) is 0.698. The van der Waals surface area contributed by atoms with Crippen molar-refractivity contribution in [2.24, 2.45) is 0 Å². The fourth-order valence-electron chi connectivity index (χ4n) is 1.82. The molecule has 0 aliphatic carbocycles. The third kappa shape index (κ3) is 2.96. The van der Waals surface area contributed by atoms with E-state index in [2.05, 4.69) is 27.8 Å². The summed E-state index contributed by atoms with van der Waals surface area (Å²) in [5.74, 6) is 1.10. The van der Waals surface area contributed by atoms with Gasteiger partial charge in [0.25, 0.3) is 0 Å². The Kier molecular flexibility index (Phi) is 3.76. The lowest BCUT2D eigenvalue weighted by Crippen LogP contribution is -1.99. The molecular weight excluding hydrogens is 196 g/mol. The fraction of sp³-hybridized carbons (Fsp3) is 0.357. The first-order valence-electron chi connectivity index (χ1n) is 5.79. The predicted molar refractivity (Wildman–Crippen MR) is 65.2 cm³/mol. The molecule has 0 bridgehead atoms. The van der Waals surface area contributed by atoms with E-state index in [1.165, 1.54) is 18.4 Å². The van der Waals surface area contributed by atoms with Gasteiger partial charge >= 0.3 is 0 Å². The van der Waals surface area contributed by atoms with E-state index in [0.29, 0.717) is 0 Å². The molecule has 1 radical (unpaired) electrons. The fourth-order valence-corrected chi connectivity index (χ4v) is 1.82. The molecule has 0 fully saturated rings. The van der Waals surface area contributed by atoms with Gasteiger partial charge in [-0.3, -0.25) is 0 Å². The monoisotopic (exact) mass is 213 g/mol. The predicted octanol–water partition coefficient (Wildman–Crippen LogP) is 3.01. The Bertz CT molecular complexity index is 417. The maximum absolute atomic E-state index is 4.21. The van der Waals surface area contributed by atoms with E-state index in [9.17, 15) is 0 Å². The molecule has 0 saturated heterocycles. The Morgan fingerprint density at radius 1 is 1.31 bits per heavy atom. The molecule has 0 atom stereocenters. The van der Waals surface area contributed by atoms with Crippen LogP contribution in [0.4, 0.5) is 0 Å². The summed E-state index contributed by atoms with van der Waals surface area (Å²) < 4.78 is 2.20. The molecule has 0 N–H and O–H groups in total. The molecule has 0 aliphatic rings. The maximum atomic E-state index is 4.21. The van der Waals surface area contributed by atoms with Crippen LogP contribution in [0.1, 0.15) is 24.2 Å². The van der Waals surface area contributed by atoms with E-state index in [1.54, 1.807) is 0 Å². The van der Waals surface area contributed by atoms with Crippen molar-refractivity contribution in [3.63, 3.8) is 0 Å². The van der Waals surface area contributed by atoms with E-state index in [4.69, 9.17) is 0 Å². The highest BCUT2D eigenvalue weighted by molar-refractivity contribution is 5.12. The molecule has 0 amide bonds. The minimum atomic E-state index is 1.07. The molecule has 0 unspecified atom stereocenters. The molecular formula is C14H17N2.